The van der Waals surface area contributed by atoms with Gasteiger partial charge in [-0.1, -0.05) is 36.4 Å². The summed E-state index contributed by atoms with van der Waals surface area (Å²) >= 11 is 5.77. The number of nitrogens with zero attached hydrogens (tertiary/aromatic N) is 1. The molecule has 5 nitrogen and oxygen atoms in total. The summed E-state index contributed by atoms with van der Waals surface area (Å²) in [6, 6.07) is 14.1. The highest BCUT2D eigenvalue weighted by Gasteiger charge is 2.01. The smallest absolute Gasteiger partial charge is 0.277 e. The summed E-state index contributed by atoms with van der Waals surface area (Å²) in [6.45, 7) is 3.89. The van der Waals surface area contributed by atoms with Crippen LogP contribution in [-0.4, -0.2) is 25.3 Å². The van der Waals surface area contributed by atoms with Crippen molar-refractivity contribution in [3.05, 3.63) is 71.8 Å². The Labute approximate surface area is 145 Å². The van der Waals surface area contributed by atoms with Crippen molar-refractivity contribution in [3.63, 3.8) is 0 Å². The van der Waals surface area contributed by atoms with Gasteiger partial charge in [-0.15, -0.1) is 0 Å². The van der Waals surface area contributed by atoms with Crippen molar-refractivity contribution < 1.29 is 14.3 Å². The first-order valence-electron chi connectivity index (χ1n) is 7.21. The summed E-state index contributed by atoms with van der Waals surface area (Å²) < 4.78 is 10.7. The molecule has 0 aliphatic heterocycles. The van der Waals surface area contributed by atoms with Crippen LogP contribution in [0.5, 0.6) is 11.5 Å². The topological polar surface area (TPSA) is 59.9 Å². The molecule has 0 saturated carbocycles. The number of amides is 1. The second kappa shape index (κ2) is 9.37. The van der Waals surface area contributed by atoms with Crippen LogP contribution in [0.1, 0.15) is 5.56 Å². The molecule has 0 saturated heterocycles. The summed E-state index contributed by atoms with van der Waals surface area (Å²) in [6.07, 6.45) is 3.20. The lowest BCUT2D eigenvalue weighted by atomic mass is 10.2. The minimum atomic E-state index is -0.361. The SMILES string of the molecule is C=CCOc1cccc(/C=N/NC(=O)COc2ccc(Cl)cc2)c1. The molecule has 0 unspecified atom stereocenters. The molecule has 2 aromatic carbocycles. The Morgan fingerprint density at radius 3 is 2.71 bits per heavy atom. The second-order valence-electron chi connectivity index (χ2n) is 4.71. The van der Waals surface area contributed by atoms with E-state index < -0.39 is 0 Å². The summed E-state index contributed by atoms with van der Waals surface area (Å²) in [5.41, 5.74) is 3.20. The zero-order valence-corrected chi connectivity index (χ0v) is 13.7. The van der Waals surface area contributed by atoms with Crippen molar-refractivity contribution in [2.24, 2.45) is 5.10 Å². The van der Waals surface area contributed by atoms with E-state index in [1.54, 1.807) is 30.3 Å². The molecule has 1 N–H and O–H groups in total. The maximum Gasteiger partial charge on any atom is 0.277 e. The van der Waals surface area contributed by atoms with Gasteiger partial charge in [0.15, 0.2) is 6.61 Å². The molecule has 2 aromatic rings. The number of hydrogen-bond donors (Lipinski definition) is 1. The first-order chi connectivity index (χ1) is 11.7. The van der Waals surface area contributed by atoms with E-state index in [-0.39, 0.29) is 12.5 Å². The van der Waals surface area contributed by atoms with E-state index in [1.165, 1.54) is 6.21 Å². The fourth-order valence-corrected chi connectivity index (χ4v) is 1.86. The highest BCUT2D eigenvalue weighted by molar-refractivity contribution is 6.30. The van der Waals surface area contributed by atoms with Crippen LogP contribution >= 0.6 is 11.6 Å². The third kappa shape index (κ3) is 6.14. The van der Waals surface area contributed by atoms with Gasteiger partial charge in [0, 0.05) is 5.02 Å². The number of hydrogen-bond acceptors (Lipinski definition) is 4. The van der Waals surface area contributed by atoms with Gasteiger partial charge in [0.05, 0.1) is 6.21 Å². The van der Waals surface area contributed by atoms with E-state index in [2.05, 4.69) is 17.1 Å². The molecule has 0 atom stereocenters. The Hall–Kier alpha value is -2.79. The lowest BCUT2D eigenvalue weighted by Crippen LogP contribution is -2.24. The molecule has 0 fully saturated rings. The number of nitrogens with one attached hydrogen (secondary N) is 1. The van der Waals surface area contributed by atoms with Gasteiger partial charge in [-0.05, 0) is 42.0 Å². The number of benzene rings is 2. The Bertz CT molecular complexity index is 714. The predicted molar refractivity (Wildman–Crippen MR) is 94.8 cm³/mol. The van der Waals surface area contributed by atoms with Gasteiger partial charge < -0.3 is 9.47 Å². The van der Waals surface area contributed by atoms with Crippen LogP contribution in [0.2, 0.25) is 5.02 Å². The molecule has 0 bridgehead atoms. The number of halogens is 1. The fourth-order valence-electron chi connectivity index (χ4n) is 1.73. The molecule has 2 rings (SSSR count). The van der Waals surface area contributed by atoms with E-state index in [4.69, 9.17) is 21.1 Å². The minimum absolute atomic E-state index is 0.137. The van der Waals surface area contributed by atoms with Gasteiger partial charge in [-0.3, -0.25) is 4.79 Å². The van der Waals surface area contributed by atoms with E-state index in [0.717, 1.165) is 5.56 Å². The highest BCUT2D eigenvalue weighted by Crippen LogP contribution is 2.15. The van der Waals surface area contributed by atoms with Gasteiger partial charge in [-0.2, -0.15) is 5.10 Å². The summed E-state index contributed by atoms with van der Waals surface area (Å²) in [5, 5.41) is 4.50. The van der Waals surface area contributed by atoms with Crippen molar-refractivity contribution in [3.8, 4) is 11.5 Å². The van der Waals surface area contributed by atoms with Gasteiger partial charge >= 0.3 is 0 Å². The Balaban J connectivity index is 1.79. The van der Waals surface area contributed by atoms with Crippen molar-refractivity contribution >= 4 is 23.7 Å². The number of rotatable bonds is 8. The van der Waals surface area contributed by atoms with E-state index in [1.807, 2.05) is 24.3 Å². The zero-order valence-electron chi connectivity index (χ0n) is 12.9. The zero-order chi connectivity index (χ0) is 17.2. The van der Waals surface area contributed by atoms with Gasteiger partial charge in [0.2, 0.25) is 0 Å². The Morgan fingerprint density at radius 1 is 1.17 bits per heavy atom. The first kappa shape index (κ1) is 17.6. The van der Waals surface area contributed by atoms with E-state index in [0.29, 0.717) is 23.1 Å². The average Bonchev–Trinajstić information content (AvgIpc) is 2.60. The van der Waals surface area contributed by atoms with Gasteiger partial charge in [0.25, 0.3) is 5.91 Å². The quantitative estimate of drug-likeness (QED) is 0.453. The lowest BCUT2D eigenvalue weighted by Gasteiger charge is -2.05. The number of hydrazone groups is 1. The number of carbonyl (C=O) groups is 1. The van der Waals surface area contributed by atoms with Crippen LogP contribution in [-0.2, 0) is 4.79 Å². The van der Waals surface area contributed by atoms with E-state index in [9.17, 15) is 4.79 Å². The predicted octanol–water partition coefficient (Wildman–Crippen LogP) is 3.43. The molecule has 0 radical (unpaired) electrons. The van der Waals surface area contributed by atoms with Crippen molar-refractivity contribution in [2.45, 2.75) is 0 Å². The molecule has 124 valence electrons. The molecule has 1 amide bonds. The molecule has 0 aromatic heterocycles. The first-order valence-corrected chi connectivity index (χ1v) is 7.59. The molecular formula is C18H17ClN2O3. The summed E-state index contributed by atoms with van der Waals surface area (Å²) in [4.78, 5) is 11.7. The second-order valence-corrected chi connectivity index (χ2v) is 5.14. The largest absolute Gasteiger partial charge is 0.490 e. The van der Waals surface area contributed by atoms with Crippen molar-refractivity contribution in [2.75, 3.05) is 13.2 Å². The standard InChI is InChI=1S/C18H17ClN2O3/c1-2-10-23-17-5-3-4-14(11-17)12-20-21-18(22)13-24-16-8-6-15(19)7-9-16/h2-9,11-12H,1,10,13H2,(H,21,22)/b20-12+. The summed E-state index contributed by atoms with van der Waals surface area (Å²) in [5.74, 6) is 0.905. The Morgan fingerprint density at radius 2 is 1.96 bits per heavy atom. The van der Waals surface area contributed by atoms with Crippen molar-refractivity contribution in [1.29, 1.82) is 0 Å². The maximum atomic E-state index is 11.7. The molecule has 0 spiro atoms. The molecule has 6 heteroatoms. The highest BCUT2D eigenvalue weighted by atomic mass is 35.5. The number of ether oxygens (including phenoxy) is 2. The number of carbonyl (C=O) groups excluding carboxylic acids is 1. The average molecular weight is 345 g/mol. The molecular weight excluding hydrogens is 328 g/mol. The lowest BCUT2D eigenvalue weighted by molar-refractivity contribution is -0.123. The van der Waals surface area contributed by atoms with Gasteiger partial charge in [0.1, 0.15) is 18.1 Å². The van der Waals surface area contributed by atoms with Crippen LogP contribution in [0.4, 0.5) is 0 Å². The molecule has 0 heterocycles. The third-order valence-corrected chi connectivity index (χ3v) is 3.06. The summed E-state index contributed by atoms with van der Waals surface area (Å²) in [7, 11) is 0. The molecule has 24 heavy (non-hydrogen) atoms. The fraction of sp³-hybridized carbons (Fsp3) is 0.111. The molecule has 0 aliphatic carbocycles. The third-order valence-electron chi connectivity index (χ3n) is 2.81. The monoisotopic (exact) mass is 344 g/mol. The van der Waals surface area contributed by atoms with Crippen LogP contribution in [0.3, 0.4) is 0 Å². The van der Waals surface area contributed by atoms with Crippen LogP contribution < -0.4 is 14.9 Å². The minimum Gasteiger partial charge on any atom is -0.490 e. The Kier molecular flexibility index (Phi) is 6.86. The maximum absolute atomic E-state index is 11.7. The van der Waals surface area contributed by atoms with Crippen LogP contribution in [0.15, 0.2) is 66.3 Å². The molecule has 0 aliphatic rings. The van der Waals surface area contributed by atoms with Gasteiger partial charge in [-0.25, -0.2) is 5.43 Å². The van der Waals surface area contributed by atoms with Crippen LogP contribution in [0, 0.1) is 0 Å². The van der Waals surface area contributed by atoms with Crippen LogP contribution in [0.25, 0.3) is 0 Å². The van der Waals surface area contributed by atoms with E-state index >= 15 is 0 Å². The van der Waals surface area contributed by atoms with Crippen molar-refractivity contribution in [1.82, 2.24) is 5.43 Å². The normalized spacial score (nSPS) is 10.4.